The number of rotatable bonds is 8. The Morgan fingerprint density at radius 3 is 2.29 bits per heavy atom. The number of hydrogen-bond donors (Lipinski definition) is 3. The van der Waals surface area contributed by atoms with Crippen molar-refractivity contribution in [3.63, 3.8) is 0 Å². The molecule has 1 saturated heterocycles. The molecule has 31 heavy (non-hydrogen) atoms. The van der Waals surface area contributed by atoms with Crippen molar-refractivity contribution in [2.24, 2.45) is 0 Å². The summed E-state index contributed by atoms with van der Waals surface area (Å²) < 4.78 is 0. The highest BCUT2D eigenvalue weighted by Gasteiger charge is 2.38. The van der Waals surface area contributed by atoms with Gasteiger partial charge in [-0.25, -0.2) is 9.97 Å². The highest BCUT2D eigenvalue weighted by molar-refractivity contribution is 5.74. The van der Waals surface area contributed by atoms with Crippen LogP contribution < -0.4 is 16.0 Å². The van der Waals surface area contributed by atoms with E-state index in [1.54, 1.807) is 0 Å². The van der Waals surface area contributed by atoms with Gasteiger partial charge in [0.05, 0.1) is 4.92 Å². The van der Waals surface area contributed by atoms with Crippen molar-refractivity contribution in [3.05, 3.63) is 46.3 Å². The van der Waals surface area contributed by atoms with Gasteiger partial charge in [0.1, 0.15) is 6.33 Å². The Kier molecular flexibility index (Phi) is 6.79. The van der Waals surface area contributed by atoms with E-state index in [0.717, 1.165) is 37.8 Å². The average molecular weight is 427 g/mol. The lowest BCUT2D eigenvalue weighted by Crippen LogP contribution is -2.60. The summed E-state index contributed by atoms with van der Waals surface area (Å²) in [4.78, 5) is 19.9. The molecule has 0 atom stereocenters. The zero-order chi connectivity index (χ0) is 22.6. The molecule has 1 aliphatic heterocycles. The predicted octanol–water partition coefficient (Wildman–Crippen LogP) is 5.19. The molecule has 0 unspecified atom stereocenters. The number of hydrogen-bond acceptors (Lipinski definition) is 7. The minimum atomic E-state index is -0.419. The van der Waals surface area contributed by atoms with Crippen LogP contribution in [0.15, 0.2) is 30.6 Å². The van der Waals surface area contributed by atoms with Crippen molar-refractivity contribution < 1.29 is 4.92 Å². The van der Waals surface area contributed by atoms with Crippen molar-refractivity contribution in [1.82, 2.24) is 15.3 Å². The number of nitrogens with zero attached hydrogens (tertiary/aromatic N) is 3. The molecule has 3 rings (SSSR count). The summed E-state index contributed by atoms with van der Waals surface area (Å²) in [6.07, 6.45) is 6.35. The molecule has 0 radical (unpaired) electrons. The fourth-order valence-corrected chi connectivity index (χ4v) is 4.64. The maximum absolute atomic E-state index is 11.9. The number of piperidine rings is 1. The molecule has 1 aliphatic rings. The van der Waals surface area contributed by atoms with Gasteiger partial charge in [0.25, 0.3) is 0 Å². The molecule has 0 saturated carbocycles. The molecule has 0 aliphatic carbocycles. The van der Waals surface area contributed by atoms with Crippen LogP contribution in [-0.4, -0.2) is 32.0 Å². The highest BCUT2D eigenvalue weighted by Crippen LogP contribution is 2.35. The molecule has 8 nitrogen and oxygen atoms in total. The molecule has 2 heterocycles. The topological polar surface area (TPSA) is 105 Å². The van der Waals surface area contributed by atoms with E-state index >= 15 is 0 Å². The maximum atomic E-state index is 11.9. The molecular weight excluding hydrogens is 392 g/mol. The number of unbranched alkanes of at least 4 members (excludes halogenated alkanes) is 1. The number of nitrogens with one attached hydrogen (secondary N) is 3. The molecule has 0 spiro atoms. The average Bonchev–Trinajstić information content (AvgIpc) is 2.65. The van der Waals surface area contributed by atoms with E-state index in [9.17, 15) is 10.1 Å². The van der Waals surface area contributed by atoms with Crippen molar-refractivity contribution in [2.45, 2.75) is 83.8 Å². The largest absolute Gasteiger partial charge is 0.361 e. The monoisotopic (exact) mass is 426 g/mol. The van der Waals surface area contributed by atoms with Crippen LogP contribution in [0.3, 0.4) is 0 Å². The molecule has 1 fully saturated rings. The van der Waals surface area contributed by atoms with Crippen molar-refractivity contribution in [3.8, 4) is 0 Å². The lowest BCUT2D eigenvalue weighted by atomic mass is 9.79. The fraction of sp³-hybridized carbons (Fsp3) is 0.565. The third-order valence-corrected chi connectivity index (χ3v) is 5.57. The summed E-state index contributed by atoms with van der Waals surface area (Å²) in [5.41, 5.74) is 1.72. The Balaban J connectivity index is 1.82. The molecule has 3 N–H and O–H groups in total. The first kappa shape index (κ1) is 22.9. The summed E-state index contributed by atoms with van der Waals surface area (Å²) in [6.45, 7) is 10.8. The predicted molar refractivity (Wildman–Crippen MR) is 125 cm³/mol. The van der Waals surface area contributed by atoms with E-state index in [0.29, 0.717) is 0 Å². The standard InChI is InChI=1S/C23H34N6O2/c1-6-7-8-16-9-11-17(12-10-16)26-20-19(29(30)31)21(25-15-24-20)27-18-13-22(2,3)28-23(4,5)14-18/h9-12,15,18,28H,6-8,13-14H2,1-5H3,(H2,24,25,26,27). The van der Waals surface area contributed by atoms with Crippen LogP contribution in [0, 0.1) is 10.1 Å². The van der Waals surface area contributed by atoms with Gasteiger partial charge in [-0.05, 0) is 71.1 Å². The third kappa shape index (κ3) is 6.13. The van der Waals surface area contributed by atoms with Gasteiger partial charge in [-0.1, -0.05) is 25.5 Å². The number of nitro groups is 1. The van der Waals surface area contributed by atoms with E-state index in [4.69, 9.17) is 0 Å². The van der Waals surface area contributed by atoms with Gasteiger partial charge in [0.15, 0.2) is 0 Å². The highest BCUT2D eigenvalue weighted by atomic mass is 16.6. The molecule has 168 valence electrons. The normalized spacial score (nSPS) is 17.8. The number of aromatic nitrogens is 2. The summed E-state index contributed by atoms with van der Waals surface area (Å²) in [7, 11) is 0. The Labute approximate surface area is 184 Å². The van der Waals surface area contributed by atoms with E-state index in [2.05, 4.69) is 60.5 Å². The van der Waals surface area contributed by atoms with Crippen molar-refractivity contribution in [2.75, 3.05) is 10.6 Å². The lowest BCUT2D eigenvalue weighted by molar-refractivity contribution is -0.383. The van der Waals surface area contributed by atoms with Crippen LogP contribution in [-0.2, 0) is 6.42 Å². The summed E-state index contributed by atoms with van der Waals surface area (Å²) in [6, 6.07) is 8.02. The van der Waals surface area contributed by atoms with Crippen LogP contribution in [0.4, 0.5) is 23.0 Å². The smallest absolute Gasteiger partial charge is 0.353 e. The van der Waals surface area contributed by atoms with E-state index < -0.39 is 4.92 Å². The Hall–Kier alpha value is -2.74. The van der Waals surface area contributed by atoms with Crippen LogP contribution in [0.5, 0.6) is 0 Å². The molecule has 1 aromatic carbocycles. The molecule has 0 bridgehead atoms. The second-order valence-electron chi connectivity index (χ2n) is 9.74. The van der Waals surface area contributed by atoms with Gasteiger partial charge in [-0.15, -0.1) is 0 Å². The molecular formula is C23H34N6O2. The van der Waals surface area contributed by atoms with Crippen LogP contribution in [0.2, 0.25) is 0 Å². The quantitative estimate of drug-likeness (QED) is 0.394. The van der Waals surface area contributed by atoms with Crippen molar-refractivity contribution >= 4 is 23.0 Å². The fourth-order valence-electron chi connectivity index (χ4n) is 4.64. The number of aryl methyl sites for hydroxylation is 1. The maximum Gasteiger partial charge on any atom is 0.353 e. The van der Waals surface area contributed by atoms with Gasteiger partial charge in [0, 0.05) is 22.8 Å². The first-order valence-corrected chi connectivity index (χ1v) is 11.0. The Morgan fingerprint density at radius 2 is 1.71 bits per heavy atom. The summed E-state index contributed by atoms with van der Waals surface area (Å²) in [5, 5.41) is 22.0. The Bertz CT molecular complexity index is 895. The van der Waals surface area contributed by atoms with Crippen LogP contribution in [0.1, 0.15) is 65.9 Å². The first-order chi connectivity index (χ1) is 14.6. The third-order valence-electron chi connectivity index (χ3n) is 5.57. The number of anilines is 3. The van der Waals surface area contributed by atoms with E-state index in [-0.39, 0.29) is 34.4 Å². The molecule has 2 aromatic rings. The first-order valence-electron chi connectivity index (χ1n) is 11.0. The van der Waals surface area contributed by atoms with Gasteiger partial charge in [-0.3, -0.25) is 10.1 Å². The minimum absolute atomic E-state index is 0.0607. The zero-order valence-electron chi connectivity index (χ0n) is 19.2. The summed E-state index contributed by atoms with van der Waals surface area (Å²) >= 11 is 0. The Morgan fingerprint density at radius 1 is 1.10 bits per heavy atom. The second-order valence-corrected chi connectivity index (χ2v) is 9.74. The van der Waals surface area contributed by atoms with Crippen molar-refractivity contribution in [1.29, 1.82) is 0 Å². The zero-order valence-corrected chi connectivity index (χ0v) is 19.2. The van der Waals surface area contributed by atoms with E-state index in [1.165, 1.54) is 11.9 Å². The second kappa shape index (κ2) is 9.18. The molecule has 1 aromatic heterocycles. The van der Waals surface area contributed by atoms with Gasteiger partial charge in [0.2, 0.25) is 11.6 Å². The number of benzene rings is 1. The van der Waals surface area contributed by atoms with Crippen LogP contribution >= 0.6 is 0 Å². The minimum Gasteiger partial charge on any atom is -0.361 e. The molecule has 8 heteroatoms. The van der Waals surface area contributed by atoms with Crippen LogP contribution in [0.25, 0.3) is 0 Å². The lowest BCUT2D eigenvalue weighted by Gasteiger charge is -2.46. The van der Waals surface area contributed by atoms with Gasteiger partial charge >= 0.3 is 5.69 Å². The van der Waals surface area contributed by atoms with Gasteiger partial charge in [-0.2, -0.15) is 0 Å². The van der Waals surface area contributed by atoms with E-state index in [1.807, 2.05) is 24.3 Å². The summed E-state index contributed by atoms with van der Waals surface area (Å²) in [5.74, 6) is 0.442. The van der Waals surface area contributed by atoms with Gasteiger partial charge < -0.3 is 16.0 Å². The molecule has 0 amide bonds. The SMILES string of the molecule is CCCCc1ccc(Nc2ncnc(NC3CC(C)(C)NC(C)(C)C3)c2[N+](=O)[O-])cc1.